The zero-order valence-electron chi connectivity index (χ0n) is 14.7. The summed E-state index contributed by atoms with van der Waals surface area (Å²) in [5.74, 6) is -1.75. The van der Waals surface area contributed by atoms with Crippen LogP contribution in [0.15, 0.2) is 42.5 Å². The second kappa shape index (κ2) is 8.27. The van der Waals surface area contributed by atoms with Crippen LogP contribution in [0.2, 0.25) is 0 Å². The molecule has 0 radical (unpaired) electrons. The van der Waals surface area contributed by atoms with Crippen molar-refractivity contribution in [2.45, 2.75) is 32.5 Å². The average Bonchev–Trinajstić information content (AvgIpc) is 2.65. The Morgan fingerprint density at radius 1 is 1.19 bits per heavy atom. The third kappa shape index (κ3) is 4.79. The predicted molar refractivity (Wildman–Crippen MR) is 95.9 cm³/mol. The third-order valence-corrected chi connectivity index (χ3v) is 4.44. The second-order valence-electron chi connectivity index (χ2n) is 6.57. The fourth-order valence-corrected chi connectivity index (χ4v) is 2.94. The van der Waals surface area contributed by atoms with E-state index in [1.165, 1.54) is 6.07 Å². The highest BCUT2D eigenvalue weighted by atomic mass is 19.2. The first-order valence-corrected chi connectivity index (χ1v) is 8.69. The van der Waals surface area contributed by atoms with Crippen molar-refractivity contribution in [3.63, 3.8) is 0 Å². The van der Waals surface area contributed by atoms with Crippen LogP contribution in [0.25, 0.3) is 0 Å². The largest absolute Gasteiger partial charge is 0.372 e. The zero-order valence-corrected chi connectivity index (χ0v) is 14.7. The second-order valence-corrected chi connectivity index (χ2v) is 6.57. The predicted octanol–water partition coefficient (Wildman–Crippen LogP) is 4.49. The number of halogens is 2. The molecule has 4 nitrogen and oxygen atoms in total. The Labute approximate surface area is 151 Å². The van der Waals surface area contributed by atoms with Gasteiger partial charge in [-0.15, -0.1) is 0 Å². The minimum atomic E-state index is -0.881. The number of carbonyl (C=O) groups is 1. The summed E-state index contributed by atoms with van der Waals surface area (Å²) in [6.45, 7) is 3.32. The van der Waals surface area contributed by atoms with E-state index in [0.29, 0.717) is 18.7 Å². The molecule has 138 valence electrons. The molecule has 0 saturated carbocycles. The van der Waals surface area contributed by atoms with E-state index in [4.69, 9.17) is 4.74 Å². The third-order valence-electron chi connectivity index (χ3n) is 4.44. The smallest absolute Gasteiger partial charge is 0.321 e. The van der Waals surface area contributed by atoms with E-state index >= 15 is 0 Å². The lowest BCUT2D eigenvalue weighted by molar-refractivity contribution is 0.000903. The minimum absolute atomic E-state index is 0.124. The number of rotatable bonds is 4. The van der Waals surface area contributed by atoms with E-state index in [9.17, 15) is 13.6 Å². The summed E-state index contributed by atoms with van der Waals surface area (Å²) in [6, 6.07) is 11.2. The van der Waals surface area contributed by atoms with Gasteiger partial charge in [-0.1, -0.05) is 23.8 Å². The van der Waals surface area contributed by atoms with E-state index in [0.717, 1.165) is 36.2 Å². The molecular formula is C20H22F2N2O2. The Balaban J connectivity index is 1.52. The van der Waals surface area contributed by atoms with Gasteiger partial charge in [0.05, 0.1) is 12.7 Å². The Kier molecular flexibility index (Phi) is 5.83. The van der Waals surface area contributed by atoms with Crippen molar-refractivity contribution in [1.29, 1.82) is 0 Å². The molecule has 0 aliphatic carbocycles. The molecule has 2 aromatic rings. The van der Waals surface area contributed by atoms with Crippen LogP contribution in [0, 0.1) is 18.6 Å². The van der Waals surface area contributed by atoms with Crippen molar-refractivity contribution >= 4 is 11.7 Å². The molecule has 3 rings (SSSR count). The summed E-state index contributed by atoms with van der Waals surface area (Å²) in [6.07, 6.45) is 1.54. The van der Waals surface area contributed by atoms with Gasteiger partial charge in [0, 0.05) is 18.8 Å². The molecule has 1 fully saturated rings. The number of hydrogen-bond acceptors (Lipinski definition) is 2. The lowest BCUT2D eigenvalue weighted by Crippen LogP contribution is -2.45. The van der Waals surface area contributed by atoms with Gasteiger partial charge < -0.3 is 15.0 Å². The van der Waals surface area contributed by atoms with Crippen molar-refractivity contribution in [2.24, 2.45) is 0 Å². The summed E-state index contributed by atoms with van der Waals surface area (Å²) < 4.78 is 32.0. The molecule has 1 N–H and O–H groups in total. The van der Waals surface area contributed by atoms with Crippen LogP contribution < -0.4 is 5.32 Å². The first kappa shape index (κ1) is 18.3. The maximum Gasteiger partial charge on any atom is 0.321 e. The Morgan fingerprint density at radius 2 is 1.96 bits per heavy atom. The van der Waals surface area contributed by atoms with Crippen LogP contribution in [-0.4, -0.2) is 30.1 Å². The van der Waals surface area contributed by atoms with Gasteiger partial charge in [-0.3, -0.25) is 0 Å². The van der Waals surface area contributed by atoms with E-state index < -0.39 is 11.6 Å². The van der Waals surface area contributed by atoms with Crippen molar-refractivity contribution in [3.8, 4) is 0 Å². The topological polar surface area (TPSA) is 41.6 Å². The quantitative estimate of drug-likeness (QED) is 0.873. The molecule has 0 bridgehead atoms. The first-order valence-electron chi connectivity index (χ1n) is 8.69. The highest BCUT2D eigenvalue weighted by molar-refractivity contribution is 5.89. The van der Waals surface area contributed by atoms with Crippen LogP contribution in [0.4, 0.5) is 19.3 Å². The number of anilines is 1. The molecule has 1 saturated heterocycles. The Bertz CT molecular complexity index is 765. The molecule has 1 unspecified atom stereocenters. The van der Waals surface area contributed by atoms with E-state index in [2.05, 4.69) is 5.32 Å². The van der Waals surface area contributed by atoms with Crippen LogP contribution in [0.5, 0.6) is 0 Å². The summed E-state index contributed by atoms with van der Waals surface area (Å²) in [5, 5.41) is 2.89. The fraction of sp³-hybridized carbons (Fsp3) is 0.350. The van der Waals surface area contributed by atoms with E-state index in [1.54, 1.807) is 4.90 Å². The highest BCUT2D eigenvalue weighted by Gasteiger charge is 2.24. The van der Waals surface area contributed by atoms with Crippen LogP contribution in [0.3, 0.4) is 0 Å². The number of nitrogens with one attached hydrogen (secondary N) is 1. The van der Waals surface area contributed by atoms with Crippen LogP contribution in [-0.2, 0) is 11.3 Å². The molecule has 0 spiro atoms. The minimum Gasteiger partial charge on any atom is -0.372 e. The number of piperidine rings is 1. The van der Waals surface area contributed by atoms with Gasteiger partial charge in [0.2, 0.25) is 0 Å². The summed E-state index contributed by atoms with van der Waals surface area (Å²) in [7, 11) is 0. The maximum atomic E-state index is 13.3. The SMILES string of the molecule is Cc1ccc(NC(=O)N2CCCC(OCc3ccc(F)c(F)c3)C2)cc1. The van der Waals surface area contributed by atoms with Crippen molar-refractivity contribution in [3.05, 3.63) is 65.2 Å². The number of carbonyl (C=O) groups excluding carboxylic acids is 1. The normalized spacial score (nSPS) is 17.2. The zero-order chi connectivity index (χ0) is 18.5. The molecule has 1 heterocycles. The van der Waals surface area contributed by atoms with Crippen LogP contribution in [0.1, 0.15) is 24.0 Å². The molecule has 0 aromatic heterocycles. The molecule has 1 aliphatic rings. The lowest BCUT2D eigenvalue weighted by Gasteiger charge is -2.32. The van der Waals surface area contributed by atoms with Gasteiger partial charge in [-0.05, 0) is 49.6 Å². The van der Waals surface area contributed by atoms with Crippen molar-refractivity contribution in [1.82, 2.24) is 4.90 Å². The summed E-state index contributed by atoms with van der Waals surface area (Å²) in [5.41, 5.74) is 2.46. The number of urea groups is 1. The molecule has 1 atom stereocenters. The lowest BCUT2D eigenvalue weighted by atomic mass is 10.1. The number of amides is 2. The van der Waals surface area contributed by atoms with Gasteiger partial charge in [-0.2, -0.15) is 0 Å². The fourth-order valence-electron chi connectivity index (χ4n) is 2.94. The Hall–Kier alpha value is -2.47. The summed E-state index contributed by atoms with van der Waals surface area (Å²) in [4.78, 5) is 14.1. The van der Waals surface area contributed by atoms with Gasteiger partial charge >= 0.3 is 6.03 Å². The monoisotopic (exact) mass is 360 g/mol. The summed E-state index contributed by atoms with van der Waals surface area (Å²) >= 11 is 0. The van der Waals surface area contributed by atoms with Gasteiger partial charge in [-0.25, -0.2) is 13.6 Å². The molecule has 6 heteroatoms. The highest BCUT2D eigenvalue weighted by Crippen LogP contribution is 2.18. The average molecular weight is 360 g/mol. The van der Waals surface area contributed by atoms with Gasteiger partial charge in [0.25, 0.3) is 0 Å². The van der Waals surface area contributed by atoms with Gasteiger partial charge in [0.15, 0.2) is 11.6 Å². The van der Waals surface area contributed by atoms with Crippen molar-refractivity contribution in [2.75, 3.05) is 18.4 Å². The molecule has 2 amide bonds. The Morgan fingerprint density at radius 3 is 2.69 bits per heavy atom. The number of ether oxygens (including phenoxy) is 1. The first-order chi connectivity index (χ1) is 12.5. The number of likely N-dealkylation sites (tertiary alicyclic amines) is 1. The van der Waals surface area contributed by atoms with Gasteiger partial charge in [0.1, 0.15) is 0 Å². The van der Waals surface area contributed by atoms with Crippen molar-refractivity contribution < 1.29 is 18.3 Å². The maximum absolute atomic E-state index is 13.3. The van der Waals surface area contributed by atoms with Crippen LogP contribution >= 0.6 is 0 Å². The molecule has 26 heavy (non-hydrogen) atoms. The number of nitrogens with zero attached hydrogens (tertiary/aromatic N) is 1. The van der Waals surface area contributed by atoms with E-state index in [-0.39, 0.29) is 18.7 Å². The number of hydrogen-bond donors (Lipinski definition) is 1. The molecule has 2 aromatic carbocycles. The number of benzene rings is 2. The van der Waals surface area contributed by atoms with E-state index in [1.807, 2.05) is 31.2 Å². The molecule has 1 aliphatic heterocycles. The standard InChI is InChI=1S/C20H22F2N2O2/c1-14-4-7-16(8-5-14)23-20(25)24-10-2-3-17(12-24)26-13-15-6-9-18(21)19(22)11-15/h4-9,11,17H,2-3,10,12-13H2,1H3,(H,23,25). The number of aryl methyl sites for hydroxylation is 1. The molecular weight excluding hydrogens is 338 g/mol.